The summed E-state index contributed by atoms with van der Waals surface area (Å²) in [6.07, 6.45) is 5.46. The second-order valence-corrected chi connectivity index (χ2v) is 5.85. The Hall–Kier alpha value is -1.06. The van der Waals surface area contributed by atoms with Crippen LogP contribution in [0.5, 0.6) is 5.75 Å². The molecule has 0 aromatic heterocycles. The Morgan fingerprint density at radius 3 is 2.65 bits per heavy atom. The van der Waals surface area contributed by atoms with Gasteiger partial charge in [-0.2, -0.15) is 0 Å². The van der Waals surface area contributed by atoms with Gasteiger partial charge in [0.05, 0.1) is 13.2 Å². The quantitative estimate of drug-likeness (QED) is 0.838. The molecule has 0 aliphatic heterocycles. The fourth-order valence-electron chi connectivity index (χ4n) is 3.13. The van der Waals surface area contributed by atoms with Gasteiger partial charge in [0.15, 0.2) is 0 Å². The number of nitrogens with one attached hydrogen (secondary N) is 1. The molecule has 2 atom stereocenters. The first-order valence-electron chi connectivity index (χ1n) is 7.74. The van der Waals surface area contributed by atoms with Gasteiger partial charge in [0.1, 0.15) is 5.75 Å². The van der Waals surface area contributed by atoms with Gasteiger partial charge in [0.25, 0.3) is 0 Å². The van der Waals surface area contributed by atoms with E-state index < -0.39 is 6.10 Å². The number of methoxy groups -OCH3 is 1. The number of rotatable bonds is 6. The summed E-state index contributed by atoms with van der Waals surface area (Å²) in [4.78, 5) is 0. The van der Waals surface area contributed by atoms with Gasteiger partial charge in [-0.15, -0.1) is 0 Å². The van der Waals surface area contributed by atoms with Gasteiger partial charge in [-0.05, 0) is 38.3 Å². The Balaban J connectivity index is 2.14. The first kappa shape index (κ1) is 15.3. The van der Waals surface area contributed by atoms with E-state index in [-0.39, 0.29) is 6.04 Å². The molecule has 0 spiro atoms. The van der Waals surface area contributed by atoms with Crippen LogP contribution in [0.1, 0.15) is 56.3 Å². The molecule has 1 aliphatic carbocycles. The molecule has 1 aromatic carbocycles. The summed E-state index contributed by atoms with van der Waals surface area (Å²) >= 11 is 0. The molecule has 0 bridgehead atoms. The normalized spacial score (nSPS) is 19.0. The van der Waals surface area contributed by atoms with Crippen LogP contribution in [0.4, 0.5) is 0 Å². The Morgan fingerprint density at radius 2 is 2.05 bits per heavy atom. The van der Waals surface area contributed by atoms with E-state index in [1.807, 2.05) is 25.1 Å². The van der Waals surface area contributed by atoms with Crippen LogP contribution >= 0.6 is 0 Å². The number of benzene rings is 1. The fraction of sp³-hybridized carbons (Fsp3) is 0.647. The van der Waals surface area contributed by atoms with Crippen LogP contribution in [0.3, 0.4) is 0 Å². The Labute approximate surface area is 122 Å². The van der Waals surface area contributed by atoms with Crippen molar-refractivity contribution in [2.45, 2.75) is 64.1 Å². The van der Waals surface area contributed by atoms with E-state index in [4.69, 9.17) is 4.74 Å². The minimum Gasteiger partial charge on any atom is -0.496 e. The summed E-state index contributed by atoms with van der Waals surface area (Å²) in [6.45, 7) is 4.17. The van der Waals surface area contributed by atoms with Crippen LogP contribution in [0.25, 0.3) is 0 Å². The molecule has 0 amide bonds. The van der Waals surface area contributed by atoms with Crippen molar-refractivity contribution in [1.29, 1.82) is 0 Å². The van der Waals surface area contributed by atoms with Gasteiger partial charge in [-0.1, -0.05) is 31.4 Å². The van der Waals surface area contributed by atoms with Crippen LogP contribution in [0.15, 0.2) is 18.2 Å². The van der Waals surface area contributed by atoms with Gasteiger partial charge in [-0.25, -0.2) is 0 Å². The first-order chi connectivity index (χ1) is 9.65. The van der Waals surface area contributed by atoms with Crippen molar-refractivity contribution in [3.05, 3.63) is 29.3 Å². The smallest absolute Gasteiger partial charge is 0.124 e. The molecule has 1 saturated carbocycles. The summed E-state index contributed by atoms with van der Waals surface area (Å²) in [6, 6.07) is 6.64. The van der Waals surface area contributed by atoms with Crippen molar-refractivity contribution in [2.24, 2.45) is 0 Å². The van der Waals surface area contributed by atoms with Gasteiger partial charge in [-0.3, -0.25) is 0 Å². The zero-order valence-electron chi connectivity index (χ0n) is 12.9. The van der Waals surface area contributed by atoms with Gasteiger partial charge >= 0.3 is 0 Å². The highest BCUT2D eigenvalue weighted by atomic mass is 16.5. The highest BCUT2D eigenvalue weighted by Gasteiger charge is 2.26. The lowest BCUT2D eigenvalue weighted by molar-refractivity contribution is 0.116. The summed E-state index contributed by atoms with van der Waals surface area (Å²) in [7, 11) is 1.66. The zero-order chi connectivity index (χ0) is 14.5. The van der Waals surface area contributed by atoms with Crippen LogP contribution in [0.2, 0.25) is 0 Å². The third-order valence-corrected chi connectivity index (χ3v) is 4.33. The fourth-order valence-corrected chi connectivity index (χ4v) is 3.13. The van der Waals surface area contributed by atoms with Gasteiger partial charge < -0.3 is 15.2 Å². The standard InChI is InChI=1S/C17H27NO2/c1-4-15(18-13-7-5-6-8-13)17(19)14-11-12(2)9-10-16(14)20-3/h9-11,13,15,17-19H,4-8H2,1-3H3. The molecular formula is C17H27NO2. The number of hydrogen-bond donors (Lipinski definition) is 2. The van der Waals surface area contributed by atoms with Crippen molar-refractivity contribution in [3.63, 3.8) is 0 Å². The monoisotopic (exact) mass is 277 g/mol. The highest BCUT2D eigenvalue weighted by Crippen LogP contribution is 2.30. The first-order valence-corrected chi connectivity index (χ1v) is 7.74. The Morgan fingerprint density at radius 1 is 1.35 bits per heavy atom. The van der Waals surface area contributed by atoms with Crippen LogP contribution < -0.4 is 10.1 Å². The number of aryl methyl sites for hydroxylation is 1. The van der Waals surface area contributed by atoms with Crippen molar-refractivity contribution < 1.29 is 9.84 Å². The van der Waals surface area contributed by atoms with Crippen LogP contribution in [-0.2, 0) is 0 Å². The molecule has 0 radical (unpaired) electrons. The lowest BCUT2D eigenvalue weighted by atomic mass is 9.97. The van der Waals surface area contributed by atoms with Gasteiger partial charge in [0, 0.05) is 17.6 Å². The summed E-state index contributed by atoms with van der Waals surface area (Å²) < 4.78 is 5.40. The Kier molecular flexibility index (Phi) is 5.44. The number of ether oxygens (including phenoxy) is 1. The van der Waals surface area contributed by atoms with Crippen LogP contribution in [-0.4, -0.2) is 24.3 Å². The molecule has 3 nitrogen and oxygen atoms in total. The molecule has 2 N–H and O–H groups in total. The van der Waals surface area contributed by atoms with E-state index in [0.29, 0.717) is 6.04 Å². The molecule has 1 aliphatic rings. The molecule has 0 heterocycles. The predicted octanol–water partition coefficient (Wildman–Crippen LogP) is 3.35. The molecule has 1 fully saturated rings. The van der Waals surface area contributed by atoms with Crippen molar-refractivity contribution >= 4 is 0 Å². The van der Waals surface area contributed by atoms with Crippen molar-refractivity contribution in [1.82, 2.24) is 5.32 Å². The maximum atomic E-state index is 10.7. The summed E-state index contributed by atoms with van der Waals surface area (Å²) in [5, 5.41) is 14.4. The molecule has 2 unspecified atom stereocenters. The highest BCUT2D eigenvalue weighted by molar-refractivity contribution is 5.39. The van der Waals surface area contributed by atoms with E-state index in [2.05, 4.69) is 12.2 Å². The van der Waals surface area contributed by atoms with Gasteiger partial charge in [0.2, 0.25) is 0 Å². The lowest BCUT2D eigenvalue weighted by Crippen LogP contribution is -2.40. The molecular weight excluding hydrogens is 250 g/mol. The largest absolute Gasteiger partial charge is 0.496 e. The molecule has 3 heteroatoms. The molecule has 20 heavy (non-hydrogen) atoms. The minimum atomic E-state index is -0.518. The Bertz CT molecular complexity index is 427. The second-order valence-electron chi connectivity index (χ2n) is 5.85. The van der Waals surface area contributed by atoms with E-state index in [1.165, 1.54) is 25.7 Å². The molecule has 1 aromatic rings. The number of aliphatic hydroxyl groups excluding tert-OH is 1. The van der Waals surface area contributed by atoms with Crippen molar-refractivity contribution in [3.8, 4) is 5.75 Å². The third kappa shape index (κ3) is 3.53. The van der Waals surface area contributed by atoms with E-state index in [9.17, 15) is 5.11 Å². The maximum Gasteiger partial charge on any atom is 0.124 e. The van der Waals surface area contributed by atoms with E-state index in [1.54, 1.807) is 7.11 Å². The molecule has 0 saturated heterocycles. The van der Waals surface area contributed by atoms with E-state index >= 15 is 0 Å². The van der Waals surface area contributed by atoms with Crippen LogP contribution in [0, 0.1) is 6.92 Å². The second kappa shape index (κ2) is 7.09. The summed E-state index contributed by atoms with van der Waals surface area (Å²) in [5.74, 6) is 0.773. The lowest BCUT2D eigenvalue weighted by Gasteiger charge is -2.28. The topological polar surface area (TPSA) is 41.5 Å². The molecule has 112 valence electrons. The predicted molar refractivity (Wildman–Crippen MR) is 82.2 cm³/mol. The number of aliphatic hydroxyl groups is 1. The molecule has 2 rings (SSSR count). The average Bonchev–Trinajstić information content (AvgIpc) is 2.97. The van der Waals surface area contributed by atoms with Crippen molar-refractivity contribution in [2.75, 3.05) is 7.11 Å². The average molecular weight is 277 g/mol. The number of hydrogen-bond acceptors (Lipinski definition) is 3. The summed E-state index contributed by atoms with van der Waals surface area (Å²) in [5.41, 5.74) is 2.04. The zero-order valence-corrected chi connectivity index (χ0v) is 12.9. The minimum absolute atomic E-state index is 0.0915. The SMILES string of the molecule is CCC(NC1CCCC1)C(O)c1cc(C)ccc1OC. The third-order valence-electron chi connectivity index (χ3n) is 4.33. The van der Waals surface area contributed by atoms with E-state index in [0.717, 1.165) is 23.3 Å². The maximum absolute atomic E-state index is 10.7.